The van der Waals surface area contributed by atoms with Crippen molar-refractivity contribution in [3.8, 4) is 11.3 Å². The van der Waals surface area contributed by atoms with Gasteiger partial charge in [0.05, 0.1) is 6.54 Å². The second kappa shape index (κ2) is 7.65. The lowest BCUT2D eigenvalue weighted by atomic mass is 10.1. The summed E-state index contributed by atoms with van der Waals surface area (Å²) in [4.78, 5) is 2.56. The highest BCUT2D eigenvalue weighted by atomic mass is 79.9. The number of hydrogen-bond acceptors (Lipinski definition) is 3. The molecule has 1 atom stereocenters. The third-order valence-corrected chi connectivity index (χ3v) is 5.19. The lowest BCUT2D eigenvalue weighted by molar-refractivity contribution is 0.258. The molecule has 1 aromatic heterocycles. The van der Waals surface area contributed by atoms with Crippen LogP contribution < -0.4 is 5.32 Å². The number of aryl methyl sites for hydroxylation is 1. The Hall–Kier alpha value is -1.10. The summed E-state index contributed by atoms with van der Waals surface area (Å²) in [5.41, 5.74) is 2.38. The summed E-state index contributed by atoms with van der Waals surface area (Å²) in [5, 5.41) is 3.55. The lowest BCUT2D eigenvalue weighted by Crippen LogP contribution is -2.37. The van der Waals surface area contributed by atoms with Gasteiger partial charge in [-0.1, -0.05) is 22.9 Å². The summed E-state index contributed by atoms with van der Waals surface area (Å²) in [6, 6.07) is 11.1. The van der Waals surface area contributed by atoms with Crippen LogP contribution in [0.25, 0.3) is 11.3 Å². The second-order valence-electron chi connectivity index (χ2n) is 6.28. The van der Waals surface area contributed by atoms with Crippen LogP contribution in [0, 0.1) is 6.92 Å². The van der Waals surface area contributed by atoms with Gasteiger partial charge in [-0.25, -0.2) is 0 Å². The minimum atomic E-state index is 0.683. The maximum absolute atomic E-state index is 6.02. The van der Waals surface area contributed by atoms with E-state index < -0.39 is 0 Å². The SMILES string of the molecule is CCN1CCC[C@@H]1CNCc1ccc(-c2ccc(Br)cc2C)o1. The van der Waals surface area contributed by atoms with Crippen molar-refractivity contribution in [1.82, 2.24) is 10.2 Å². The summed E-state index contributed by atoms with van der Waals surface area (Å²) in [6.07, 6.45) is 2.64. The zero-order valence-electron chi connectivity index (χ0n) is 13.9. The number of halogens is 1. The molecule has 0 amide bonds. The summed E-state index contributed by atoms with van der Waals surface area (Å²) >= 11 is 3.51. The van der Waals surface area contributed by atoms with Crippen molar-refractivity contribution in [2.45, 2.75) is 39.3 Å². The van der Waals surface area contributed by atoms with Gasteiger partial charge in [0, 0.05) is 22.6 Å². The van der Waals surface area contributed by atoms with Crippen LogP contribution in [0.1, 0.15) is 31.1 Å². The Bertz CT molecular complexity index is 653. The molecule has 0 unspecified atom stereocenters. The maximum Gasteiger partial charge on any atom is 0.134 e. The first-order chi connectivity index (χ1) is 11.2. The number of nitrogens with zero attached hydrogens (tertiary/aromatic N) is 1. The maximum atomic E-state index is 6.02. The molecule has 124 valence electrons. The molecule has 1 N–H and O–H groups in total. The highest BCUT2D eigenvalue weighted by Crippen LogP contribution is 2.27. The molecule has 4 heteroatoms. The molecule has 2 aromatic rings. The molecule has 3 rings (SSSR count). The van der Waals surface area contributed by atoms with Crippen molar-refractivity contribution in [2.24, 2.45) is 0 Å². The number of nitrogens with one attached hydrogen (secondary N) is 1. The number of likely N-dealkylation sites (N-methyl/N-ethyl adjacent to an activating group) is 1. The van der Waals surface area contributed by atoms with Crippen LogP contribution in [0.2, 0.25) is 0 Å². The Morgan fingerprint density at radius 2 is 2.17 bits per heavy atom. The largest absolute Gasteiger partial charge is 0.460 e. The Balaban J connectivity index is 1.57. The van der Waals surface area contributed by atoms with Crippen LogP contribution in [0.4, 0.5) is 0 Å². The van der Waals surface area contributed by atoms with Gasteiger partial charge in [0.15, 0.2) is 0 Å². The van der Waals surface area contributed by atoms with Crippen molar-refractivity contribution < 1.29 is 4.42 Å². The van der Waals surface area contributed by atoms with E-state index in [0.717, 1.165) is 41.2 Å². The molecular formula is C19H25BrN2O. The first kappa shape index (κ1) is 16.7. The third-order valence-electron chi connectivity index (χ3n) is 4.70. The summed E-state index contributed by atoms with van der Waals surface area (Å²) in [7, 11) is 0. The molecule has 1 aliphatic heterocycles. The number of hydrogen-bond donors (Lipinski definition) is 1. The average Bonchev–Trinajstić information content (AvgIpc) is 3.16. The van der Waals surface area contributed by atoms with E-state index >= 15 is 0 Å². The van der Waals surface area contributed by atoms with Gasteiger partial charge in [0.25, 0.3) is 0 Å². The molecule has 0 radical (unpaired) electrons. The van der Waals surface area contributed by atoms with Crippen LogP contribution in [0.3, 0.4) is 0 Å². The molecule has 1 aromatic carbocycles. The normalized spacial score (nSPS) is 18.7. The van der Waals surface area contributed by atoms with E-state index in [2.05, 4.69) is 70.3 Å². The topological polar surface area (TPSA) is 28.4 Å². The van der Waals surface area contributed by atoms with Gasteiger partial charge in [-0.3, -0.25) is 4.90 Å². The van der Waals surface area contributed by atoms with Crippen LogP contribution in [-0.4, -0.2) is 30.6 Å². The molecule has 0 spiro atoms. The smallest absolute Gasteiger partial charge is 0.134 e. The van der Waals surface area contributed by atoms with Crippen molar-refractivity contribution in [1.29, 1.82) is 0 Å². The van der Waals surface area contributed by atoms with Crippen molar-refractivity contribution in [3.05, 3.63) is 46.1 Å². The van der Waals surface area contributed by atoms with E-state index in [9.17, 15) is 0 Å². The molecule has 2 heterocycles. The van der Waals surface area contributed by atoms with E-state index in [4.69, 9.17) is 4.42 Å². The van der Waals surface area contributed by atoms with E-state index in [1.165, 1.54) is 24.9 Å². The molecule has 1 aliphatic rings. The highest BCUT2D eigenvalue weighted by molar-refractivity contribution is 9.10. The standard InChI is InChI=1S/C19H25BrN2O/c1-3-22-10-4-5-16(22)12-21-13-17-7-9-19(23-17)18-8-6-15(20)11-14(18)2/h6-9,11,16,21H,3-5,10,12-13H2,1-2H3/t16-/m1/s1. The molecule has 0 bridgehead atoms. The Kier molecular flexibility index (Phi) is 5.57. The van der Waals surface area contributed by atoms with Gasteiger partial charge >= 0.3 is 0 Å². The Morgan fingerprint density at radius 1 is 1.30 bits per heavy atom. The molecule has 1 saturated heterocycles. The van der Waals surface area contributed by atoms with Gasteiger partial charge in [-0.15, -0.1) is 0 Å². The van der Waals surface area contributed by atoms with E-state index in [1.54, 1.807) is 0 Å². The fourth-order valence-corrected chi connectivity index (χ4v) is 3.90. The van der Waals surface area contributed by atoms with E-state index in [1.807, 2.05) is 0 Å². The van der Waals surface area contributed by atoms with Gasteiger partial charge < -0.3 is 9.73 Å². The quantitative estimate of drug-likeness (QED) is 0.798. The van der Waals surface area contributed by atoms with E-state index in [0.29, 0.717) is 6.04 Å². The van der Waals surface area contributed by atoms with Crippen LogP contribution in [-0.2, 0) is 6.54 Å². The molecule has 23 heavy (non-hydrogen) atoms. The Morgan fingerprint density at radius 3 is 2.96 bits per heavy atom. The van der Waals surface area contributed by atoms with Gasteiger partial charge in [-0.2, -0.15) is 0 Å². The van der Waals surface area contributed by atoms with Crippen molar-refractivity contribution >= 4 is 15.9 Å². The zero-order valence-corrected chi connectivity index (χ0v) is 15.5. The van der Waals surface area contributed by atoms with Crippen LogP contribution in [0.15, 0.2) is 39.2 Å². The molecular weight excluding hydrogens is 352 g/mol. The first-order valence-corrected chi connectivity index (χ1v) is 9.26. The van der Waals surface area contributed by atoms with Gasteiger partial charge in [0.2, 0.25) is 0 Å². The molecule has 0 aliphatic carbocycles. The molecule has 3 nitrogen and oxygen atoms in total. The number of benzene rings is 1. The summed E-state index contributed by atoms with van der Waals surface area (Å²) in [5.74, 6) is 1.95. The zero-order chi connectivity index (χ0) is 16.2. The fraction of sp³-hybridized carbons (Fsp3) is 0.474. The second-order valence-corrected chi connectivity index (χ2v) is 7.20. The number of likely N-dealkylation sites (tertiary alicyclic amines) is 1. The number of furan rings is 1. The first-order valence-electron chi connectivity index (χ1n) is 8.47. The monoisotopic (exact) mass is 376 g/mol. The van der Waals surface area contributed by atoms with Gasteiger partial charge in [0.1, 0.15) is 11.5 Å². The van der Waals surface area contributed by atoms with Crippen molar-refractivity contribution in [2.75, 3.05) is 19.6 Å². The number of rotatable bonds is 6. The average molecular weight is 377 g/mol. The summed E-state index contributed by atoms with van der Waals surface area (Å²) in [6.45, 7) is 8.60. The fourth-order valence-electron chi connectivity index (χ4n) is 3.43. The molecule has 1 fully saturated rings. The van der Waals surface area contributed by atoms with Crippen molar-refractivity contribution in [3.63, 3.8) is 0 Å². The predicted octanol–water partition coefficient (Wildman–Crippen LogP) is 4.59. The van der Waals surface area contributed by atoms with Gasteiger partial charge in [-0.05, 0) is 68.8 Å². The van der Waals surface area contributed by atoms with E-state index in [-0.39, 0.29) is 0 Å². The molecule has 0 saturated carbocycles. The van der Waals surface area contributed by atoms with Crippen LogP contribution >= 0.6 is 15.9 Å². The lowest BCUT2D eigenvalue weighted by Gasteiger charge is -2.22. The minimum Gasteiger partial charge on any atom is -0.460 e. The minimum absolute atomic E-state index is 0.683. The van der Waals surface area contributed by atoms with Crippen LogP contribution in [0.5, 0.6) is 0 Å². The predicted molar refractivity (Wildman–Crippen MR) is 98.6 cm³/mol. The highest BCUT2D eigenvalue weighted by Gasteiger charge is 2.22. The third kappa shape index (κ3) is 4.06. The summed E-state index contributed by atoms with van der Waals surface area (Å²) < 4.78 is 7.12. The Labute approximate surface area is 147 Å².